The third-order valence-electron chi connectivity index (χ3n) is 3.77. The molecular formula is C13H18N4O2. The molecule has 0 aromatic carbocycles. The Labute approximate surface area is 111 Å². The van der Waals surface area contributed by atoms with Crippen LogP contribution in [0.25, 0.3) is 0 Å². The summed E-state index contributed by atoms with van der Waals surface area (Å²) >= 11 is 0. The van der Waals surface area contributed by atoms with Gasteiger partial charge in [-0.25, -0.2) is 0 Å². The molecule has 1 fully saturated rings. The Balaban J connectivity index is 1.79. The van der Waals surface area contributed by atoms with Gasteiger partial charge in [-0.2, -0.15) is 10.1 Å². The summed E-state index contributed by atoms with van der Waals surface area (Å²) in [5.41, 5.74) is -0.381. The highest BCUT2D eigenvalue weighted by Gasteiger charge is 2.39. The maximum Gasteiger partial charge on any atom is 0.258 e. The average molecular weight is 262 g/mol. The minimum Gasteiger partial charge on any atom is -0.368 e. The van der Waals surface area contributed by atoms with E-state index in [9.17, 15) is 0 Å². The highest BCUT2D eigenvalue weighted by atomic mass is 16.5. The van der Waals surface area contributed by atoms with Gasteiger partial charge in [0.2, 0.25) is 0 Å². The molecule has 2 aromatic rings. The standard InChI is InChI=1S/C13H18N4O2/c1-18-13(6-3-2-4-7-13)12-15-11(16-19-12)10-17-9-5-8-14-17/h5,8-9H,2-4,6-7,10H2,1H3. The molecule has 1 aliphatic carbocycles. The van der Waals surface area contributed by atoms with E-state index in [0.29, 0.717) is 18.3 Å². The third kappa shape index (κ3) is 2.40. The van der Waals surface area contributed by atoms with Crippen molar-refractivity contribution in [2.24, 2.45) is 0 Å². The van der Waals surface area contributed by atoms with Crippen LogP contribution in [0.15, 0.2) is 23.0 Å². The molecule has 6 heteroatoms. The van der Waals surface area contributed by atoms with Crippen LogP contribution in [0.4, 0.5) is 0 Å². The third-order valence-corrected chi connectivity index (χ3v) is 3.77. The van der Waals surface area contributed by atoms with Crippen LogP contribution in [0.1, 0.15) is 43.8 Å². The van der Waals surface area contributed by atoms with Gasteiger partial charge in [0.15, 0.2) is 5.82 Å². The highest BCUT2D eigenvalue weighted by molar-refractivity contribution is 5.02. The second kappa shape index (κ2) is 5.13. The van der Waals surface area contributed by atoms with Crippen molar-refractivity contribution in [3.05, 3.63) is 30.2 Å². The van der Waals surface area contributed by atoms with Gasteiger partial charge in [0, 0.05) is 19.5 Å². The van der Waals surface area contributed by atoms with Gasteiger partial charge >= 0.3 is 0 Å². The first-order valence-electron chi connectivity index (χ1n) is 6.68. The second-order valence-corrected chi connectivity index (χ2v) is 4.98. The molecule has 0 unspecified atom stereocenters. The van der Waals surface area contributed by atoms with E-state index in [4.69, 9.17) is 9.26 Å². The van der Waals surface area contributed by atoms with E-state index in [1.165, 1.54) is 6.42 Å². The zero-order valence-electron chi connectivity index (χ0n) is 11.1. The summed E-state index contributed by atoms with van der Waals surface area (Å²) in [6.45, 7) is 0.524. The van der Waals surface area contributed by atoms with Crippen LogP contribution in [0.5, 0.6) is 0 Å². The molecule has 1 saturated carbocycles. The minimum absolute atomic E-state index is 0.381. The fourth-order valence-corrected chi connectivity index (χ4v) is 2.67. The number of rotatable bonds is 4. The molecule has 1 aliphatic rings. The van der Waals surface area contributed by atoms with Crippen LogP contribution in [0.3, 0.4) is 0 Å². The van der Waals surface area contributed by atoms with Crippen LogP contribution < -0.4 is 0 Å². The molecule has 0 saturated heterocycles. The number of methoxy groups -OCH3 is 1. The second-order valence-electron chi connectivity index (χ2n) is 4.98. The van der Waals surface area contributed by atoms with Gasteiger partial charge in [-0.3, -0.25) is 4.68 Å². The van der Waals surface area contributed by atoms with Gasteiger partial charge in [0.1, 0.15) is 12.1 Å². The van der Waals surface area contributed by atoms with E-state index >= 15 is 0 Å². The summed E-state index contributed by atoms with van der Waals surface area (Å²) in [5, 5.41) is 8.17. The fourth-order valence-electron chi connectivity index (χ4n) is 2.67. The summed E-state index contributed by atoms with van der Waals surface area (Å²) in [6.07, 6.45) is 9.05. The van der Waals surface area contributed by atoms with Crippen molar-refractivity contribution in [3.8, 4) is 0 Å². The summed E-state index contributed by atoms with van der Waals surface area (Å²) < 4.78 is 12.9. The largest absolute Gasteiger partial charge is 0.368 e. The molecule has 0 bridgehead atoms. The van der Waals surface area contributed by atoms with Gasteiger partial charge in [-0.05, 0) is 18.9 Å². The number of hydrogen-bond acceptors (Lipinski definition) is 5. The number of ether oxygens (including phenoxy) is 1. The van der Waals surface area contributed by atoms with Crippen LogP contribution in [-0.4, -0.2) is 27.0 Å². The van der Waals surface area contributed by atoms with Gasteiger partial charge < -0.3 is 9.26 Å². The van der Waals surface area contributed by atoms with Crippen LogP contribution in [0, 0.1) is 0 Å². The minimum atomic E-state index is -0.381. The zero-order chi connectivity index (χ0) is 13.1. The molecular weight excluding hydrogens is 244 g/mol. The topological polar surface area (TPSA) is 66.0 Å². The van der Waals surface area contributed by atoms with Crippen molar-refractivity contribution in [2.45, 2.75) is 44.2 Å². The Hall–Kier alpha value is -1.69. The van der Waals surface area contributed by atoms with Gasteiger partial charge in [-0.15, -0.1) is 0 Å². The van der Waals surface area contributed by atoms with E-state index in [1.54, 1.807) is 18.0 Å². The molecule has 102 valence electrons. The van der Waals surface area contributed by atoms with E-state index in [0.717, 1.165) is 25.7 Å². The monoisotopic (exact) mass is 262 g/mol. The van der Waals surface area contributed by atoms with Crippen LogP contribution >= 0.6 is 0 Å². The first-order chi connectivity index (χ1) is 9.32. The lowest BCUT2D eigenvalue weighted by molar-refractivity contribution is -0.0672. The Kier molecular flexibility index (Phi) is 3.33. The number of hydrogen-bond donors (Lipinski definition) is 0. The molecule has 0 spiro atoms. The predicted octanol–water partition coefficient (Wildman–Crippen LogP) is 2.12. The van der Waals surface area contributed by atoms with Crippen molar-refractivity contribution in [1.82, 2.24) is 19.9 Å². The summed E-state index contributed by atoms with van der Waals surface area (Å²) in [5.74, 6) is 1.25. The molecule has 6 nitrogen and oxygen atoms in total. The van der Waals surface area contributed by atoms with Crippen molar-refractivity contribution in [1.29, 1.82) is 0 Å². The molecule has 0 amide bonds. The Morgan fingerprint density at radius 1 is 1.37 bits per heavy atom. The first-order valence-corrected chi connectivity index (χ1v) is 6.68. The Morgan fingerprint density at radius 3 is 2.89 bits per heavy atom. The van der Waals surface area contributed by atoms with Gasteiger partial charge in [0.05, 0.1) is 0 Å². The molecule has 2 aromatic heterocycles. The maximum absolute atomic E-state index is 5.69. The van der Waals surface area contributed by atoms with Gasteiger partial charge in [-0.1, -0.05) is 24.4 Å². The molecule has 19 heavy (non-hydrogen) atoms. The van der Waals surface area contributed by atoms with Crippen LogP contribution in [-0.2, 0) is 16.9 Å². The summed E-state index contributed by atoms with van der Waals surface area (Å²) in [7, 11) is 1.72. The quantitative estimate of drug-likeness (QED) is 0.844. The van der Waals surface area contributed by atoms with E-state index < -0.39 is 0 Å². The fraction of sp³-hybridized carbons (Fsp3) is 0.615. The van der Waals surface area contributed by atoms with Crippen molar-refractivity contribution in [2.75, 3.05) is 7.11 Å². The SMILES string of the molecule is COC1(c2nc(Cn3cccn3)no2)CCCCC1. The number of aromatic nitrogens is 4. The molecule has 0 N–H and O–H groups in total. The van der Waals surface area contributed by atoms with E-state index in [-0.39, 0.29) is 5.60 Å². The molecule has 0 atom stereocenters. The maximum atomic E-state index is 5.69. The number of nitrogens with zero attached hydrogens (tertiary/aromatic N) is 4. The summed E-state index contributed by atoms with van der Waals surface area (Å²) in [4.78, 5) is 4.49. The van der Waals surface area contributed by atoms with E-state index in [1.807, 2.05) is 12.3 Å². The first kappa shape index (κ1) is 12.3. The molecule has 0 aliphatic heterocycles. The summed E-state index contributed by atoms with van der Waals surface area (Å²) in [6, 6.07) is 1.87. The zero-order valence-corrected chi connectivity index (χ0v) is 11.1. The van der Waals surface area contributed by atoms with Crippen molar-refractivity contribution >= 4 is 0 Å². The lowest BCUT2D eigenvalue weighted by Gasteiger charge is -2.32. The molecule has 3 rings (SSSR count). The van der Waals surface area contributed by atoms with Gasteiger partial charge in [0.25, 0.3) is 5.89 Å². The van der Waals surface area contributed by atoms with Crippen LogP contribution in [0.2, 0.25) is 0 Å². The normalized spacial score (nSPS) is 18.6. The smallest absolute Gasteiger partial charge is 0.258 e. The van der Waals surface area contributed by atoms with Crippen molar-refractivity contribution < 1.29 is 9.26 Å². The molecule has 0 radical (unpaired) electrons. The highest BCUT2D eigenvalue weighted by Crippen LogP contribution is 2.39. The predicted molar refractivity (Wildman–Crippen MR) is 67.4 cm³/mol. The molecule has 2 heterocycles. The lowest BCUT2D eigenvalue weighted by Crippen LogP contribution is -2.31. The van der Waals surface area contributed by atoms with Crippen molar-refractivity contribution in [3.63, 3.8) is 0 Å². The Bertz CT molecular complexity index is 514. The average Bonchev–Trinajstić information content (AvgIpc) is 3.12. The van der Waals surface area contributed by atoms with E-state index in [2.05, 4.69) is 15.2 Å². The lowest BCUT2D eigenvalue weighted by atomic mass is 9.84. The Morgan fingerprint density at radius 2 is 2.21 bits per heavy atom.